The smallest absolute Gasteiger partial charge is 0.317 e. The molecule has 1 aliphatic heterocycles. The number of ether oxygens (including phenoxy) is 1. The molecule has 0 aromatic heterocycles. The molecular weight excluding hydrogens is 232 g/mol. The lowest BCUT2D eigenvalue weighted by atomic mass is 10.2. The summed E-state index contributed by atoms with van der Waals surface area (Å²) < 4.78 is 5.75. The fourth-order valence-electron chi connectivity index (χ4n) is 2.53. The van der Waals surface area contributed by atoms with Gasteiger partial charge in [0.25, 0.3) is 0 Å². The standard InChI is InChI=1S/C13H24N2O3/c1-2-14-5-6-18-12(8-14)9-15(10-13(16)17)7-11-3-4-11/h11-12H,2-10H2,1H3,(H,16,17). The molecule has 0 bridgehead atoms. The molecule has 1 saturated heterocycles. The van der Waals surface area contributed by atoms with Gasteiger partial charge in [0.15, 0.2) is 0 Å². The van der Waals surface area contributed by atoms with Crippen LogP contribution in [-0.4, -0.2) is 72.9 Å². The summed E-state index contributed by atoms with van der Waals surface area (Å²) in [6.45, 7) is 7.69. The molecule has 0 amide bonds. The average Bonchev–Trinajstić information content (AvgIpc) is 3.12. The van der Waals surface area contributed by atoms with Crippen molar-refractivity contribution < 1.29 is 14.6 Å². The predicted molar refractivity (Wildman–Crippen MR) is 68.7 cm³/mol. The topological polar surface area (TPSA) is 53.0 Å². The quantitative estimate of drug-likeness (QED) is 0.719. The molecule has 1 unspecified atom stereocenters. The van der Waals surface area contributed by atoms with Crippen LogP contribution in [0.3, 0.4) is 0 Å². The van der Waals surface area contributed by atoms with E-state index in [0.717, 1.165) is 45.2 Å². The summed E-state index contributed by atoms with van der Waals surface area (Å²) in [4.78, 5) is 15.3. The van der Waals surface area contributed by atoms with Crippen LogP contribution in [-0.2, 0) is 9.53 Å². The van der Waals surface area contributed by atoms with Gasteiger partial charge in [-0.2, -0.15) is 0 Å². The number of hydrogen-bond donors (Lipinski definition) is 1. The van der Waals surface area contributed by atoms with Gasteiger partial charge >= 0.3 is 5.97 Å². The Morgan fingerprint density at radius 2 is 2.22 bits per heavy atom. The second kappa shape index (κ2) is 6.50. The number of aliphatic carboxylic acids is 1. The number of carboxylic acids is 1. The van der Waals surface area contributed by atoms with E-state index in [-0.39, 0.29) is 12.6 Å². The molecule has 18 heavy (non-hydrogen) atoms. The molecule has 0 aromatic carbocycles. The van der Waals surface area contributed by atoms with E-state index >= 15 is 0 Å². The summed E-state index contributed by atoms with van der Waals surface area (Å²) >= 11 is 0. The number of carbonyl (C=O) groups is 1. The van der Waals surface area contributed by atoms with Crippen molar-refractivity contribution in [3.8, 4) is 0 Å². The van der Waals surface area contributed by atoms with Gasteiger partial charge in [-0.25, -0.2) is 0 Å². The molecule has 1 atom stereocenters. The minimum Gasteiger partial charge on any atom is -0.480 e. The lowest BCUT2D eigenvalue weighted by Gasteiger charge is -2.34. The maximum absolute atomic E-state index is 10.9. The molecule has 2 fully saturated rings. The highest BCUT2D eigenvalue weighted by Gasteiger charge is 2.28. The first-order valence-corrected chi connectivity index (χ1v) is 6.95. The highest BCUT2D eigenvalue weighted by atomic mass is 16.5. The van der Waals surface area contributed by atoms with E-state index in [0.29, 0.717) is 0 Å². The molecule has 1 saturated carbocycles. The van der Waals surface area contributed by atoms with Gasteiger partial charge in [-0.3, -0.25) is 14.6 Å². The Bertz CT molecular complexity index is 281. The predicted octanol–water partition coefficient (Wildman–Crippen LogP) is 0.504. The van der Waals surface area contributed by atoms with Crippen LogP contribution in [0.25, 0.3) is 0 Å². The highest BCUT2D eigenvalue weighted by molar-refractivity contribution is 5.69. The molecular formula is C13H24N2O3. The van der Waals surface area contributed by atoms with Crippen LogP contribution in [0.1, 0.15) is 19.8 Å². The van der Waals surface area contributed by atoms with Gasteiger partial charge in [0.1, 0.15) is 0 Å². The van der Waals surface area contributed by atoms with Crippen molar-refractivity contribution in [1.82, 2.24) is 9.80 Å². The van der Waals surface area contributed by atoms with Gasteiger partial charge in [0, 0.05) is 26.2 Å². The Labute approximate surface area is 109 Å². The van der Waals surface area contributed by atoms with Crippen LogP contribution < -0.4 is 0 Å². The maximum atomic E-state index is 10.9. The van der Waals surface area contributed by atoms with E-state index < -0.39 is 5.97 Å². The summed E-state index contributed by atoms with van der Waals surface area (Å²) in [6, 6.07) is 0. The zero-order valence-electron chi connectivity index (χ0n) is 11.2. The third kappa shape index (κ3) is 4.55. The lowest BCUT2D eigenvalue weighted by Crippen LogP contribution is -2.48. The first kappa shape index (κ1) is 13.8. The summed E-state index contributed by atoms with van der Waals surface area (Å²) in [7, 11) is 0. The lowest BCUT2D eigenvalue weighted by molar-refractivity contribution is -0.139. The minimum atomic E-state index is -0.737. The van der Waals surface area contributed by atoms with E-state index in [1.165, 1.54) is 12.8 Å². The van der Waals surface area contributed by atoms with E-state index in [9.17, 15) is 4.79 Å². The first-order chi connectivity index (χ1) is 8.67. The van der Waals surface area contributed by atoms with Crippen molar-refractivity contribution in [3.05, 3.63) is 0 Å². The summed E-state index contributed by atoms with van der Waals surface area (Å²) in [6.07, 6.45) is 2.67. The Kier molecular flexibility index (Phi) is 4.97. The van der Waals surface area contributed by atoms with Crippen molar-refractivity contribution in [3.63, 3.8) is 0 Å². The minimum absolute atomic E-state index is 0.141. The van der Waals surface area contributed by atoms with Gasteiger partial charge in [-0.15, -0.1) is 0 Å². The molecule has 104 valence electrons. The highest BCUT2D eigenvalue weighted by Crippen LogP contribution is 2.29. The molecule has 2 rings (SSSR count). The van der Waals surface area contributed by atoms with Crippen LogP contribution in [0.15, 0.2) is 0 Å². The molecule has 2 aliphatic rings. The van der Waals surface area contributed by atoms with Crippen LogP contribution in [0.5, 0.6) is 0 Å². The van der Waals surface area contributed by atoms with Gasteiger partial charge in [-0.05, 0) is 25.3 Å². The SMILES string of the molecule is CCN1CCOC(CN(CC(=O)O)CC2CC2)C1. The van der Waals surface area contributed by atoms with Crippen molar-refractivity contribution in [2.45, 2.75) is 25.9 Å². The Balaban J connectivity index is 1.80. The van der Waals surface area contributed by atoms with Gasteiger partial charge in [0.2, 0.25) is 0 Å². The Morgan fingerprint density at radius 1 is 1.44 bits per heavy atom. The Morgan fingerprint density at radius 3 is 2.83 bits per heavy atom. The molecule has 1 N–H and O–H groups in total. The van der Waals surface area contributed by atoms with Gasteiger partial charge in [0.05, 0.1) is 19.3 Å². The van der Waals surface area contributed by atoms with Crippen molar-refractivity contribution >= 4 is 5.97 Å². The molecule has 5 nitrogen and oxygen atoms in total. The second-order valence-electron chi connectivity index (χ2n) is 5.42. The summed E-state index contributed by atoms with van der Waals surface area (Å²) in [5, 5.41) is 8.95. The molecule has 1 heterocycles. The van der Waals surface area contributed by atoms with Crippen LogP contribution in [0.2, 0.25) is 0 Å². The second-order valence-corrected chi connectivity index (χ2v) is 5.42. The van der Waals surface area contributed by atoms with Crippen LogP contribution in [0, 0.1) is 5.92 Å². The molecule has 1 aliphatic carbocycles. The van der Waals surface area contributed by atoms with Crippen molar-refractivity contribution in [2.75, 3.05) is 45.9 Å². The zero-order valence-corrected chi connectivity index (χ0v) is 11.2. The number of hydrogen-bond acceptors (Lipinski definition) is 4. The maximum Gasteiger partial charge on any atom is 0.317 e. The van der Waals surface area contributed by atoms with Gasteiger partial charge in [-0.1, -0.05) is 6.92 Å². The van der Waals surface area contributed by atoms with E-state index in [1.54, 1.807) is 0 Å². The van der Waals surface area contributed by atoms with Crippen molar-refractivity contribution in [1.29, 1.82) is 0 Å². The van der Waals surface area contributed by atoms with Gasteiger partial charge < -0.3 is 9.84 Å². The molecule has 0 radical (unpaired) electrons. The first-order valence-electron chi connectivity index (χ1n) is 6.95. The Hall–Kier alpha value is -0.650. The van der Waals surface area contributed by atoms with E-state index in [2.05, 4.69) is 11.8 Å². The third-order valence-corrected chi connectivity index (χ3v) is 3.70. The largest absolute Gasteiger partial charge is 0.480 e. The van der Waals surface area contributed by atoms with Crippen molar-refractivity contribution in [2.24, 2.45) is 5.92 Å². The average molecular weight is 256 g/mol. The van der Waals surface area contributed by atoms with E-state index in [1.807, 2.05) is 4.90 Å². The molecule has 0 spiro atoms. The normalized spacial score (nSPS) is 25.6. The van der Waals surface area contributed by atoms with Crippen LogP contribution >= 0.6 is 0 Å². The number of likely N-dealkylation sites (N-methyl/N-ethyl adjacent to an activating group) is 1. The number of nitrogens with zero attached hydrogens (tertiary/aromatic N) is 2. The molecule has 5 heteroatoms. The fourth-order valence-corrected chi connectivity index (χ4v) is 2.53. The zero-order chi connectivity index (χ0) is 13.0. The molecule has 0 aromatic rings. The van der Waals surface area contributed by atoms with Crippen LogP contribution in [0.4, 0.5) is 0 Å². The summed E-state index contributed by atoms with van der Waals surface area (Å²) in [5.74, 6) is -0.0194. The number of morpholine rings is 1. The number of rotatable bonds is 7. The fraction of sp³-hybridized carbons (Fsp3) is 0.923. The third-order valence-electron chi connectivity index (χ3n) is 3.70. The number of carboxylic acid groups (broad SMARTS) is 1. The monoisotopic (exact) mass is 256 g/mol. The summed E-state index contributed by atoms with van der Waals surface area (Å²) in [5.41, 5.74) is 0. The van der Waals surface area contributed by atoms with E-state index in [4.69, 9.17) is 9.84 Å².